The van der Waals surface area contributed by atoms with Gasteiger partial charge in [-0.25, -0.2) is 0 Å². The van der Waals surface area contributed by atoms with Crippen LogP contribution < -0.4 is 0 Å². The van der Waals surface area contributed by atoms with Gasteiger partial charge in [-0.05, 0) is 54.9 Å². The van der Waals surface area contributed by atoms with Gasteiger partial charge in [-0.2, -0.15) is 0 Å². The Morgan fingerprint density at radius 2 is 1.78 bits per heavy atom. The Bertz CT molecular complexity index is 536. The molecule has 0 radical (unpaired) electrons. The smallest absolute Gasteiger partial charge is 0.0249 e. The molecule has 0 spiro atoms. The molecule has 1 aromatic rings. The fourth-order valence-electron chi connectivity index (χ4n) is 3.32. The van der Waals surface area contributed by atoms with Crippen molar-refractivity contribution in [1.29, 1.82) is 0 Å². The summed E-state index contributed by atoms with van der Waals surface area (Å²) in [7, 11) is 0. The highest BCUT2D eigenvalue weighted by Gasteiger charge is 2.12. The second-order valence-corrected chi connectivity index (χ2v) is 6.92. The first-order valence-corrected chi connectivity index (χ1v) is 9.61. The van der Waals surface area contributed by atoms with Crippen molar-refractivity contribution >= 4 is 0 Å². The van der Waals surface area contributed by atoms with E-state index in [1.54, 1.807) is 0 Å². The summed E-state index contributed by atoms with van der Waals surface area (Å²) in [6, 6.07) is 8.76. The van der Waals surface area contributed by atoms with Crippen molar-refractivity contribution in [3.63, 3.8) is 0 Å². The Morgan fingerprint density at radius 3 is 2.43 bits per heavy atom. The van der Waals surface area contributed by atoms with Crippen LogP contribution in [0.4, 0.5) is 0 Å². The number of benzene rings is 1. The molecule has 0 saturated heterocycles. The van der Waals surface area contributed by atoms with E-state index >= 15 is 0 Å². The van der Waals surface area contributed by atoms with Gasteiger partial charge in [-0.15, -0.1) is 0 Å². The van der Waals surface area contributed by atoms with E-state index in [4.69, 9.17) is 0 Å². The van der Waals surface area contributed by atoms with E-state index in [1.165, 1.54) is 75.3 Å². The number of aryl methyl sites for hydroxylation is 1. The monoisotopic (exact) mass is 308 g/mol. The minimum Gasteiger partial charge on any atom is -0.0726 e. The van der Waals surface area contributed by atoms with Crippen molar-refractivity contribution in [1.82, 2.24) is 0 Å². The van der Waals surface area contributed by atoms with Gasteiger partial charge in [0, 0.05) is 5.56 Å². The molecule has 124 valence electrons. The minimum absolute atomic E-state index is 0.908. The van der Waals surface area contributed by atoms with Crippen LogP contribution in [0.15, 0.2) is 35.9 Å². The predicted molar refractivity (Wildman–Crippen MR) is 101 cm³/mol. The Morgan fingerprint density at radius 1 is 0.957 bits per heavy atom. The third-order valence-corrected chi connectivity index (χ3v) is 4.85. The van der Waals surface area contributed by atoms with Gasteiger partial charge >= 0.3 is 0 Å². The van der Waals surface area contributed by atoms with Crippen molar-refractivity contribution in [2.75, 3.05) is 0 Å². The predicted octanol–water partition coefficient (Wildman–Crippen LogP) is 6.69. The second-order valence-electron chi connectivity index (χ2n) is 6.92. The van der Waals surface area contributed by atoms with Gasteiger partial charge in [0.25, 0.3) is 0 Å². The molecule has 0 saturated carbocycles. The normalized spacial score (nSPS) is 17.3. The molecule has 0 fully saturated rings. The van der Waals surface area contributed by atoms with Crippen molar-refractivity contribution in [2.45, 2.75) is 78.1 Å². The first-order valence-electron chi connectivity index (χ1n) is 9.61. The number of allylic oxidation sites excluding steroid dienone is 2. The van der Waals surface area contributed by atoms with E-state index in [2.05, 4.69) is 56.0 Å². The van der Waals surface area contributed by atoms with Crippen LogP contribution in [-0.2, 0) is 6.42 Å². The summed E-state index contributed by atoms with van der Waals surface area (Å²) in [4.78, 5) is 0. The zero-order valence-electron chi connectivity index (χ0n) is 15.0. The highest BCUT2D eigenvalue weighted by molar-refractivity contribution is 5.42. The number of hydrogen-bond acceptors (Lipinski definition) is 0. The molecule has 1 aliphatic carbocycles. The van der Waals surface area contributed by atoms with Crippen molar-refractivity contribution < 1.29 is 0 Å². The zero-order valence-corrected chi connectivity index (χ0v) is 15.0. The van der Waals surface area contributed by atoms with E-state index < -0.39 is 0 Å². The Hall–Kier alpha value is -1.48. The molecule has 0 bridgehead atoms. The molecule has 0 amide bonds. The third-order valence-electron chi connectivity index (χ3n) is 4.85. The summed E-state index contributed by atoms with van der Waals surface area (Å²) in [5.41, 5.74) is 3.92. The average molecular weight is 309 g/mol. The van der Waals surface area contributed by atoms with Crippen LogP contribution in [0.25, 0.3) is 0 Å². The average Bonchev–Trinajstić information content (AvgIpc) is 2.59. The molecule has 23 heavy (non-hydrogen) atoms. The lowest BCUT2D eigenvalue weighted by Crippen LogP contribution is -2.05. The minimum atomic E-state index is 0.908. The van der Waals surface area contributed by atoms with Gasteiger partial charge < -0.3 is 0 Å². The number of rotatable bonds is 7. The maximum atomic E-state index is 3.40. The van der Waals surface area contributed by atoms with Crippen molar-refractivity contribution in [2.24, 2.45) is 5.92 Å². The molecule has 1 aromatic carbocycles. The summed E-state index contributed by atoms with van der Waals surface area (Å²) in [6.45, 7) is 4.51. The van der Waals surface area contributed by atoms with E-state index in [9.17, 15) is 0 Å². The Labute approximate surface area is 143 Å². The quantitative estimate of drug-likeness (QED) is 0.389. The molecule has 0 heterocycles. The lowest BCUT2D eigenvalue weighted by molar-refractivity contribution is 0.417. The first kappa shape index (κ1) is 17.9. The van der Waals surface area contributed by atoms with Crippen LogP contribution in [0.3, 0.4) is 0 Å². The number of hydrogen-bond donors (Lipinski definition) is 0. The Kier molecular flexibility index (Phi) is 8.02. The van der Waals surface area contributed by atoms with Gasteiger partial charge in [0.15, 0.2) is 0 Å². The van der Waals surface area contributed by atoms with Gasteiger partial charge in [0.2, 0.25) is 0 Å². The number of unbranched alkanes of at least 4 members (excludes halogenated alkanes) is 3. The van der Waals surface area contributed by atoms with E-state index in [0.29, 0.717) is 0 Å². The molecular weight excluding hydrogens is 276 g/mol. The van der Waals surface area contributed by atoms with Crippen LogP contribution in [0.2, 0.25) is 0 Å². The molecule has 1 aliphatic rings. The topological polar surface area (TPSA) is 0 Å². The zero-order chi connectivity index (χ0) is 16.3. The van der Waals surface area contributed by atoms with Crippen LogP contribution in [-0.4, -0.2) is 0 Å². The van der Waals surface area contributed by atoms with Crippen molar-refractivity contribution in [3.05, 3.63) is 47.0 Å². The fraction of sp³-hybridized carbons (Fsp3) is 0.565. The summed E-state index contributed by atoms with van der Waals surface area (Å²) in [5.74, 6) is 7.65. The fourth-order valence-corrected chi connectivity index (χ4v) is 3.32. The summed E-state index contributed by atoms with van der Waals surface area (Å²) < 4.78 is 0. The molecule has 0 nitrogen and oxygen atoms in total. The molecule has 1 unspecified atom stereocenters. The van der Waals surface area contributed by atoms with Gasteiger partial charge in [-0.1, -0.05) is 82.4 Å². The van der Waals surface area contributed by atoms with Crippen LogP contribution in [0.1, 0.15) is 82.8 Å². The van der Waals surface area contributed by atoms with Gasteiger partial charge in [-0.3, -0.25) is 0 Å². The van der Waals surface area contributed by atoms with Crippen LogP contribution >= 0.6 is 0 Å². The third kappa shape index (κ3) is 6.66. The second kappa shape index (κ2) is 10.3. The van der Waals surface area contributed by atoms with Gasteiger partial charge in [0.1, 0.15) is 0 Å². The maximum absolute atomic E-state index is 3.40. The van der Waals surface area contributed by atoms with Gasteiger partial charge in [0.05, 0.1) is 0 Å². The van der Waals surface area contributed by atoms with Crippen LogP contribution in [0.5, 0.6) is 0 Å². The summed E-state index contributed by atoms with van der Waals surface area (Å²) in [5, 5.41) is 0. The van der Waals surface area contributed by atoms with E-state index in [1.807, 2.05) is 0 Å². The summed E-state index contributed by atoms with van der Waals surface area (Å²) >= 11 is 0. The molecular formula is C23H32. The molecule has 1 atom stereocenters. The maximum Gasteiger partial charge on any atom is 0.0249 e. The molecule has 0 N–H and O–H groups in total. The molecule has 0 heteroatoms. The molecule has 0 aromatic heterocycles. The van der Waals surface area contributed by atoms with E-state index in [-0.39, 0.29) is 0 Å². The SMILES string of the molecule is CCCCCCC1CC=C(C#Cc2ccc(CCC)cc2)CC1. The molecule has 0 aliphatic heterocycles. The van der Waals surface area contributed by atoms with Crippen LogP contribution in [0, 0.1) is 17.8 Å². The standard InChI is InChI=1S/C23H32/c1-3-5-6-7-9-21-12-16-23(17-13-21)19-18-22-14-10-20(8-4-2)11-15-22/h10-11,14-16,21H,3-9,12-13,17H2,1-2H3. The summed E-state index contributed by atoms with van der Waals surface area (Å²) in [6.07, 6.45) is 15.5. The first-order chi connectivity index (χ1) is 11.3. The Balaban J connectivity index is 1.79. The van der Waals surface area contributed by atoms with E-state index in [0.717, 1.165) is 11.5 Å². The lowest BCUT2D eigenvalue weighted by atomic mass is 9.86. The molecule has 2 rings (SSSR count). The van der Waals surface area contributed by atoms with Crippen molar-refractivity contribution in [3.8, 4) is 11.8 Å². The lowest BCUT2D eigenvalue weighted by Gasteiger charge is -2.19. The largest absolute Gasteiger partial charge is 0.0726 e. The highest BCUT2D eigenvalue weighted by Crippen LogP contribution is 2.27. The highest BCUT2D eigenvalue weighted by atomic mass is 14.2.